The highest BCUT2D eigenvalue weighted by Gasteiger charge is 2.42. The van der Waals surface area contributed by atoms with E-state index in [2.05, 4.69) is 68.5 Å². The number of imidazole rings is 1. The number of likely N-dealkylation sites (tertiary alicyclic amines) is 1. The summed E-state index contributed by atoms with van der Waals surface area (Å²) < 4.78 is 0. The number of rotatable bonds is 43. The number of aromatic amines is 1. The van der Waals surface area contributed by atoms with Crippen LogP contribution in [0.4, 0.5) is 0 Å². The standard InChI is InChI=1S/C56H94N18O19S/c1-8-27(4)44(54(90)64-28(5)45(81)62-22-41(80)65-32(56(92)93)12-9-10-15-57)73-48(84)33(18-30-21-61-25-63-30)67-50(86)37(24-76)71-53(89)43(26(2)3)72-46(82)31(14-17-94-7)66-49(85)36(23-75)70-47(83)34(19-39(58)78)68-51(87)38-13-11-16-74(38)55(91)35(20-40(59)79)69-52(88)42(60)29(6)77/h21,25-29,31-38,42-44,75-77H,8-20,22-24,57,60H2,1-7H3,(H2,58,78)(H2,59,79)(H,61,63)(H,62,81)(H,64,90)(H,65,80)(H,66,85)(H,67,86)(H,68,87)(H,69,88)(H,70,83)(H,71,89)(H,72,82)(H,73,84)(H,92,93)/t27-,28-,29+,31-,32-,33-,34-,35-,36-,37-,38-,42-,43-,44-/m0/s1. The molecular weight excluding hydrogens is 1260 g/mol. The second kappa shape index (κ2) is 41.2. The molecule has 2 rings (SSSR count). The monoisotopic (exact) mass is 1350 g/mol. The summed E-state index contributed by atoms with van der Waals surface area (Å²) in [4.78, 5) is 207. The number of hydrogen-bond acceptors (Lipinski definition) is 22. The van der Waals surface area contributed by atoms with E-state index in [-0.39, 0.29) is 44.4 Å². The maximum Gasteiger partial charge on any atom is 0.326 e. The minimum atomic E-state index is -1.87. The molecule has 14 atom stereocenters. The molecule has 1 fully saturated rings. The number of aliphatic hydroxyl groups excluding tert-OH is 3. The van der Waals surface area contributed by atoms with Crippen molar-refractivity contribution in [1.82, 2.24) is 73.4 Å². The summed E-state index contributed by atoms with van der Waals surface area (Å²) in [5.74, 6) is -16.5. The van der Waals surface area contributed by atoms with Gasteiger partial charge in [-0.1, -0.05) is 34.1 Å². The number of nitrogens with zero attached hydrogens (tertiary/aromatic N) is 2. The van der Waals surface area contributed by atoms with Gasteiger partial charge < -0.3 is 112 Å². The number of carboxylic acid groups (broad SMARTS) is 1. The molecule has 0 bridgehead atoms. The molecule has 0 radical (unpaired) electrons. The molecule has 1 saturated heterocycles. The number of aliphatic hydroxyl groups is 3. The number of unbranched alkanes of at least 4 members (excludes halogenated alkanes) is 1. The highest BCUT2D eigenvalue weighted by atomic mass is 32.2. The first-order valence-corrected chi connectivity index (χ1v) is 31.9. The fraction of sp³-hybridized carbons (Fsp3) is 0.679. The van der Waals surface area contributed by atoms with Crippen molar-refractivity contribution in [3.05, 3.63) is 18.2 Å². The van der Waals surface area contributed by atoms with E-state index in [9.17, 15) is 92.3 Å². The molecule has 0 aliphatic carbocycles. The van der Waals surface area contributed by atoms with Crippen LogP contribution in [0.3, 0.4) is 0 Å². The van der Waals surface area contributed by atoms with Gasteiger partial charge in [-0.3, -0.25) is 67.1 Å². The first-order valence-electron chi connectivity index (χ1n) is 30.5. The van der Waals surface area contributed by atoms with Gasteiger partial charge in [-0.15, -0.1) is 0 Å². The van der Waals surface area contributed by atoms with E-state index in [4.69, 9.17) is 22.9 Å². The minimum absolute atomic E-state index is 0.0117. The van der Waals surface area contributed by atoms with Gasteiger partial charge in [0.05, 0.1) is 45.0 Å². The van der Waals surface area contributed by atoms with Gasteiger partial charge in [0.1, 0.15) is 72.5 Å². The number of amides is 14. The number of nitrogens with two attached hydrogens (primary N) is 4. The molecule has 14 amide bonds. The highest BCUT2D eigenvalue weighted by Crippen LogP contribution is 2.20. The van der Waals surface area contributed by atoms with Crippen LogP contribution in [-0.4, -0.2) is 247 Å². The molecule has 0 aromatic carbocycles. The van der Waals surface area contributed by atoms with E-state index in [1.165, 1.54) is 52.0 Å². The Morgan fingerprint density at radius 2 is 1.18 bits per heavy atom. The second-order valence-corrected chi connectivity index (χ2v) is 23.9. The number of hydrogen-bond donors (Lipinski definition) is 20. The number of carboxylic acids is 1. The van der Waals surface area contributed by atoms with Crippen molar-refractivity contribution >= 4 is 100 Å². The number of carbonyl (C=O) groups excluding carboxylic acids is 14. The van der Waals surface area contributed by atoms with Gasteiger partial charge >= 0.3 is 5.97 Å². The lowest BCUT2D eigenvalue weighted by Gasteiger charge is -2.30. The number of H-pyrrole nitrogens is 1. The zero-order valence-corrected chi connectivity index (χ0v) is 54.5. The van der Waals surface area contributed by atoms with Crippen LogP contribution < -0.4 is 81.4 Å². The molecule has 0 saturated carbocycles. The van der Waals surface area contributed by atoms with Crippen molar-refractivity contribution in [3.63, 3.8) is 0 Å². The smallest absolute Gasteiger partial charge is 0.326 e. The Morgan fingerprint density at radius 1 is 0.649 bits per heavy atom. The van der Waals surface area contributed by atoms with Crippen molar-refractivity contribution in [2.75, 3.05) is 44.9 Å². The summed E-state index contributed by atoms with van der Waals surface area (Å²) in [6, 6.07) is -18.4. The zero-order chi connectivity index (χ0) is 71.1. The summed E-state index contributed by atoms with van der Waals surface area (Å²) in [7, 11) is 0. The largest absolute Gasteiger partial charge is 0.480 e. The molecule has 24 N–H and O–H groups in total. The number of nitrogens with one attached hydrogen (secondary N) is 12. The van der Waals surface area contributed by atoms with E-state index in [1.54, 1.807) is 20.1 Å². The fourth-order valence-electron chi connectivity index (χ4n) is 9.30. The molecule has 0 unspecified atom stereocenters. The lowest BCUT2D eigenvalue weighted by atomic mass is 9.97. The summed E-state index contributed by atoms with van der Waals surface area (Å²) in [6.45, 7) is 6.30. The molecule has 528 valence electrons. The van der Waals surface area contributed by atoms with E-state index < -0.39 is 212 Å². The van der Waals surface area contributed by atoms with Gasteiger partial charge in [0.25, 0.3) is 0 Å². The van der Waals surface area contributed by atoms with Crippen molar-refractivity contribution in [3.8, 4) is 0 Å². The SMILES string of the molecule is CC[C@H](C)[C@H](NC(=O)[C@H](Cc1cnc[nH]1)NC(=O)[C@H](CO)NC(=O)[C@@H](NC(=O)[C@H](CCSC)NC(=O)[C@H](CO)NC(=O)[C@H](CC(N)=O)NC(=O)[C@@H]1CCCN1C(=O)[C@H](CC(N)=O)NC(=O)[C@@H](N)[C@@H](C)O)C(C)C)C(=O)N[C@@H](C)C(=O)NCC(=O)N[C@@H](CCCCN)C(=O)O. The normalized spacial score (nSPS) is 16.9. The number of primary amides is 2. The van der Waals surface area contributed by atoms with Gasteiger partial charge in [0.2, 0.25) is 82.7 Å². The predicted molar refractivity (Wildman–Crippen MR) is 334 cm³/mol. The Balaban J connectivity index is 2.27. The van der Waals surface area contributed by atoms with Gasteiger partial charge in [0, 0.05) is 24.9 Å². The molecule has 1 aromatic heterocycles. The van der Waals surface area contributed by atoms with Gasteiger partial charge in [-0.05, 0) is 82.8 Å². The van der Waals surface area contributed by atoms with Crippen LogP contribution in [0.1, 0.15) is 105 Å². The Hall–Kier alpha value is -8.59. The van der Waals surface area contributed by atoms with Gasteiger partial charge in [-0.25, -0.2) is 9.78 Å². The van der Waals surface area contributed by atoms with E-state index in [0.29, 0.717) is 31.5 Å². The third-order valence-corrected chi connectivity index (χ3v) is 15.6. The van der Waals surface area contributed by atoms with Crippen LogP contribution >= 0.6 is 11.8 Å². The molecule has 37 nitrogen and oxygen atoms in total. The molecule has 2 heterocycles. The molecular formula is C56H94N18O19S. The van der Waals surface area contributed by atoms with Crippen LogP contribution in [0.5, 0.6) is 0 Å². The second-order valence-electron chi connectivity index (χ2n) is 22.9. The maximum absolute atomic E-state index is 14.2. The summed E-state index contributed by atoms with van der Waals surface area (Å²) >= 11 is 1.25. The van der Waals surface area contributed by atoms with Crippen LogP contribution in [0.15, 0.2) is 12.5 Å². The average Bonchev–Trinajstić information content (AvgIpc) is 1.58. The van der Waals surface area contributed by atoms with Crippen LogP contribution in [0.25, 0.3) is 0 Å². The van der Waals surface area contributed by atoms with Crippen LogP contribution in [-0.2, 0) is 78.3 Å². The zero-order valence-electron chi connectivity index (χ0n) is 53.7. The molecule has 38 heteroatoms. The molecule has 1 aliphatic rings. The van der Waals surface area contributed by atoms with Crippen molar-refractivity contribution in [1.29, 1.82) is 0 Å². The average molecular weight is 1360 g/mol. The quantitative estimate of drug-likeness (QED) is 0.0270. The Morgan fingerprint density at radius 3 is 1.71 bits per heavy atom. The third-order valence-electron chi connectivity index (χ3n) is 15.0. The summed E-state index contributed by atoms with van der Waals surface area (Å²) in [6.07, 6.45) is 2.50. The molecule has 94 heavy (non-hydrogen) atoms. The van der Waals surface area contributed by atoms with E-state index in [0.717, 1.165) is 4.90 Å². The molecule has 1 aliphatic heterocycles. The Bertz CT molecular complexity index is 2780. The van der Waals surface area contributed by atoms with E-state index in [1.807, 2.05) is 0 Å². The fourth-order valence-corrected chi connectivity index (χ4v) is 9.77. The topological polar surface area (TPSA) is 605 Å². The summed E-state index contributed by atoms with van der Waals surface area (Å²) in [5, 5.41) is 66.3. The molecule has 0 spiro atoms. The van der Waals surface area contributed by atoms with Gasteiger partial charge in [0.15, 0.2) is 0 Å². The third kappa shape index (κ3) is 27.2. The number of aliphatic carboxylic acids is 1. The number of thioether (sulfide) groups is 1. The van der Waals surface area contributed by atoms with Crippen molar-refractivity contribution in [2.24, 2.45) is 34.8 Å². The van der Waals surface area contributed by atoms with E-state index >= 15 is 0 Å². The lowest BCUT2D eigenvalue weighted by Crippen LogP contribution is -2.62. The first-order chi connectivity index (χ1) is 44.2. The number of aromatic nitrogens is 2. The van der Waals surface area contributed by atoms with Crippen LogP contribution in [0.2, 0.25) is 0 Å². The predicted octanol–water partition coefficient (Wildman–Crippen LogP) is -8.96. The van der Waals surface area contributed by atoms with Crippen molar-refractivity contribution in [2.45, 2.75) is 184 Å². The van der Waals surface area contributed by atoms with Gasteiger partial charge in [-0.2, -0.15) is 11.8 Å². The maximum atomic E-state index is 14.2. The van der Waals surface area contributed by atoms with Crippen molar-refractivity contribution < 1.29 is 92.3 Å². The Kier molecular flexibility index (Phi) is 35.7. The minimum Gasteiger partial charge on any atom is -0.480 e. The Labute approximate surface area is 546 Å². The summed E-state index contributed by atoms with van der Waals surface area (Å²) in [5.41, 5.74) is 22.2. The highest BCUT2D eigenvalue weighted by molar-refractivity contribution is 7.98. The number of carbonyl (C=O) groups is 15. The lowest BCUT2D eigenvalue weighted by molar-refractivity contribution is -0.143. The molecule has 1 aromatic rings. The first kappa shape index (κ1) is 81.5. The van der Waals surface area contributed by atoms with Crippen LogP contribution in [0, 0.1) is 11.8 Å².